The summed E-state index contributed by atoms with van der Waals surface area (Å²) in [5, 5.41) is 2.89. The maximum absolute atomic E-state index is 13.2. The van der Waals surface area contributed by atoms with E-state index in [-0.39, 0.29) is 17.9 Å². The van der Waals surface area contributed by atoms with Gasteiger partial charge in [-0.2, -0.15) is 0 Å². The smallest absolute Gasteiger partial charge is 0.238 e. The van der Waals surface area contributed by atoms with Crippen molar-refractivity contribution in [3.63, 3.8) is 0 Å². The van der Waals surface area contributed by atoms with Crippen LogP contribution in [0.4, 0.5) is 0 Å². The molecule has 0 fully saturated rings. The third-order valence-electron chi connectivity index (χ3n) is 4.81. The largest absolute Gasteiger partial charge is 0.496 e. The van der Waals surface area contributed by atoms with E-state index < -0.39 is 5.41 Å². The molecule has 5 nitrogen and oxygen atoms in total. The zero-order valence-corrected chi connectivity index (χ0v) is 17.4. The summed E-state index contributed by atoms with van der Waals surface area (Å²) in [4.78, 5) is 27.8. The van der Waals surface area contributed by atoms with Crippen LogP contribution in [-0.4, -0.2) is 29.9 Å². The maximum Gasteiger partial charge on any atom is 0.238 e. The van der Waals surface area contributed by atoms with Gasteiger partial charge in [0.2, 0.25) is 11.8 Å². The Bertz CT molecular complexity index is 801. The third-order valence-corrected chi connectivity index (χ3v) is 4.81. The molecular formula is C23H30N2O3. The fourth-order valence-corrected chi connectivity index (χ4v) is 2.97. The molecule has 2 aromatic carbocycles. The van der Waals surface area contributed by atoms with Crippen molar-refractivity contribution in [1.29, 1.82) is 0 Å². The molecule has 0 saturated carbocycles. The number of amides is 2. The molecule has 0 spiro atoms. The molecule has 0 bridgehead atoms. The summed E-state index contributed by atoms with van der Waals surface area (Å²) >= 11 is 0. The van der Waals surface area contributed by atoms with Crippen LogP contribution in [0.2, 0.25) is 0 Å². The van der Waals surface area contributed by atoms with E-state index >= 15 is 0 Å². The van der Waals surface area contributed by atoms with Crippen LogP contribution in [-0.2, 0) is 22.7 Å². The van der Waals surface area contributed by atoms with Gasteiger partial charge in [0.15, 0.2) is 0 Å². The number of benzene rings is 2. The van der Waals surface area contributed by atoms with Gasteiger partial charge in [0.1, 0.15) is 11.2 Å². The highest BCUT2D eigenvalue weighted by atomic mass is 16.5. The summed E-state index contributed by atoms with van der Waals surface area (Å²) in [6.07, 6.45) is 0. The van der Waals surface area contributed by atoms with Gasteiger partial charge in [-0.05, 0) is 39.3 Å². The molecule has 0 aliphatic rings. The highest BCUT2D eigenvalue weighted by Crippen LogP contribution is 2.24. The Hall–Kier alpha value is -2.82. The van der Waals surface area contributed by atoms with Gasteiger partial charge in [-0.1, -0.05) is 48.5 Å². The zero-order chi connectivity index (χ0) is 20.7. The molecule has 5 heteroatoms. The number of hydrogen-bond acceptors (Lipinski definition) is 3. The van der Waals surface area contributed by atoms with Crippen LogP contribution in [0.3, 0.4) is 0 Å². The van der Waals surface area contributed by atoms with E-state index in [0.717, 1.165) is 11.1 Å². The van der Waals surface area contributed by atoms with Crippen molar-refractivity contribution in [3.8, 4) is 5.75 Å². The molecule has 0 aliphatic carbocycles. The molecule has 0 heterocycles. The lowest BCUT2D eigenvalue weighted by molar-refractivity contribution is -0.150. The second-order valence-corrected chi connectivity index (χ2v) is 7.63. The Morgan fingerprint density at radius 3 is 2.25 bits per heavy atom. The molecule has 28 heavy (non-hydrogen) atoms. The van der Waals surface area contributed by atoms with Gasteiger partial charge in [-0.15, -0.1) is 0 Å². The van der Waals surface area contributed by atoms with Crippen molar-refractivity contribution >= 4 is 11.8 Å². The summed E-state index contributed by atoms with van der Waals surface area (Å²) in [5.74, 6) is 0.214. The minimum atomic E-state index is -1.18. The molecule has 2 rings (SSSR count). The molecule has 2 amide bonds. The van der Waals surface area contributed by atoms with Gasteiger partial charge in [0.25, 0.3) is 0 Å². The van der Waals surface area contributed by atoms with Crippen molar-refractivity contribution in [2.45, 2.75) is 46.8 Å². The summed E-state index contributed by atoms with van der Waals surface area (Å²) < 4.78 is 5.32. The van der Waals surface area contributed by atoms with Crippen LogP contribution in [0.5, 0.6) is 5.75 Å². The van der Waals surface area contributed by atoms with E-state index in [0.29, 0.717) is 18.8 Å². The minimum Gasteiger partial charge on any atom is -0.496 e. The SMILES string of the molecule is COc1ccccc1CNC(=O)C(C)(C)C(=O)N(Cc1ccccc1)C(C)C. The fraction of sp³-hybridized carbons (Fsp3) is 0.391. The maximum atomic E-state index is 13.2. The van der Waals surface area contributed by atoms with E-state index in [1.165, 1.54) is 0 Å². The summed E-state index contributed by atoms with van der Waals surface area (Å²) in [6, 6.07) is 17.3. The van der Waals surface area contributed by atoms with Crippen molar-refractivity contribution in [1.82, 2.24) is 10.2 Å². The Kier molecular flexibility index (Phi) is 7.21. The Balaban J connectivity index is 2.11. The molecule has 0 saturated heterocycles. The average Bonchev–Trinajstić information content (AvgIpc) is 2.70. The van der Waals surface area contributed by atoms with Crippen LogP contribution in [0.1, 0.15) is 38.8 Å². The predicted molar refractivity (Wildman–Crippen MR) is 111 cm³/mol. The molecule has 0 unspecified atom stereocenters. The van der Waals surface area contributed by atoms with Gasteiger partial charge in [0.05, 0.1) is 7.11 Å². The van der Waals surface area contributed by atoms with Crippen molar-refractivity contribution < 1.29 is 14.3 Å². The van der Waals surface area contributed by atoms with E-state index in [9.17, 15) is 9.59 Å². The Morgan fingerprint density at radius 2 is 1.64 bits per heavy atom. The van der Waals surface area contributed by atoms with Crippen LogP contribution in [0.25, 0.3) is 0 Å². The highest BCUT2D eigenvalue weighted by Gasteiger charge is 2.39. The highest BCUT2D eigenvalue weighted by molar-refractivity contribution is 6.04. The number of nitrogens with zero attached hydrogens (tertiary/aromatic N) is 1. The molecule has 0 aliphatic heterocycles. The third kappa shape index (κ3) is 5.12. The first-order chi connectivity index (χ1) is 13.3. The fourth-order valence-electron chi connectivity index (χ4n) is 2.97. The number of hydrogen-bond donors (Lipinski definition) is 1. The van der Waals surface area contributed by atoms with Crippen LogP contribution in [0.15, 0.2) is 54.6 Å². The van der Waals surface area contributed by atoms with Crippen LogP contribution < -0.4 is 10.1 Å². The first-order valence-corrected chi connectivity index (χ1v) is 9.52. The minimum absolute atomic E-state index is 0.0194. The first-order valence-electron chi connectivity index (χ1n) is 9.52. The molecule has 0 radical (unpaired) electrons. The van der Waals surface area contributed by atoms with Crippen molar-refractivity contribution in [2.75, 3.05) is 7.11 Å². The lowest BCUT2D eigenvalue weighted by Gasteiger charge is -2.34. The quantitative estimate of drug-likeness (QED) is 0.707. The molecule has 0 aromatic heterocycles. The van der Waals surface area contributed by atoms with Crippen molar-refractivity contribution in [3.05, 3.63) is 65.7 Å². The summed E-state index contributed by atoms with van der Waals surface area (Å²) in [6.45, 7) is 8.05. The molecule has 2 aromatic rings. The normalized spacial score (nSPS) is 11.2. The standard InChI is InChI=1S/C23H30N2O3/c1-17(2)25(16-18-11-7-6-8-12-18)22(27)23(3,4)21(26)24-15-19-13-9-10-14-20(19)28-5/h6-14,17H,15-16H2,1-5H3,(H,24,26). The Morgan fingerprint density at radius 1 is 1.04 bits per heavy atom. The van der Waals surface area contributed by atoms with Gasteiger partial charge >= 0.3 is 0 Å². The van der Waals surface area contributed by atoms with E-state index in [2.05, 4.69) is 5.32 Å². The van der Waals surface area contributed by atoms with Crippen LogP contribution in [0, 0.1) is 5.41 Å². The lowest BCUT2D eigenvalue weighted by atomic mass is 9.89. The monoisotopic (exact) mass is 382 g/mol. The summed E-state index contributed by atoms with van der Waals surface area (Å²) in [5.41, 5.74) is 0.725. The van der Waals surface area contributed by atoms with E-state index in [1.54, 1.807) is 25.9 Å². The van der Waals surface area contributed by atoms with Gasteiger partial charge in [-0.3, -0.25) is 9.59 Å². The number of nitrogens with one attached hydrogen (secondary N) is 1. The zero-order valence-electron chi connectivity index (χ0n) is 17.4. The van der Waals surface area contributed by atoms with Crippen LogP contribution >= 0.6 is 0 Å². The van der Waals surface area contributed by atoms with Gasteiger partial charge in [-0.25, -0.2) is 0 Å². The number of carbonyl (C=O) groups excluding carboxylic acids is 2. The number of ether oxygens (including phenoxy) is 1. The Labute approximate surface area is 167 Å². The van der Waals surface area contributed by atoms with Crippen molar-refractivity contribution in [2.24, 2.45) is 5.41 Å². The second kappa shape index (κ2) is 9.40. The topological polar surface area (TPSA) is 58.6 Å². The lowest BCUT2D eigenvalue weighted by Crippen LogP contribution is -2.51. The van der Waals surface area contributed by atoms with E-state index in [1.807, 2.05) is 68.4 Å². The number of methoxy groups -OCH3 is 1. The van der Waals surface area contributed by atoms with Gasteiger partial charge < -0.3 is 15.0 Å². The number of rotatable bonds is 8. The summed E-state index contributed by atoms with van der Waals surface area (Å²) in [7, 11) is 1.60. The molecule has 0 atom stereocenters. The number of carbonyl (C=O) groups is 2. The molecular weight excluding hydrogens is 352 g/mol. The predicted octanol–water partition coefficient (Wildman–Crippen LogP) is 3.77. The van der Waals surface area contributed by atoms with E-state index in [4.69, 9.17) is 4.74 Å². The molecule has 1 N–H and O–H groups in total. The molecule has 150 valence electrons. The second-order valence-electron chi connectivity index (χ2n) is 7.63. The van der Waals surface area contributed by atoms with Gasteiger partial charge in [0, 0.05) is 24.7 Å². The number of para-hydroxylation sites is 1. The first kappa shape index (κ1) is 21.5. The average molecular weight is 383 g/mol.